The van der Waals surface area contributed by atoms with Gasteiger partial charge in [0.1, 0.15) is 0 Å². The molecular formula is C13H18ClNO3S. The van der Waals surface area contributed by atoms with Crippen LogP contribution in [0.5, 0.6) is 0 Å². The first-order valence-corrected chi connectivity index (χ1v) is 8.05. The summed E-state index contributed by atoms with van der Waals surface area (Å²) in [5.41, 5.74) is 0.871. The van der Waals surface area contributed by atoms with Crippen LogP contribution in [0, 0.1) is 6.92 Å². The minimum atomic E-state index is -3.48. The van der Waals surface area contributed by atoms with Gasteiger partial charge in [-0.1, -0.05) is 17.7 Å². The van der Waals surface area contributed by atoms with Crippen LogP contribution in [0.15, 0.2) is 23.1 Å². The molecule has 1 aromatic carbocycles. The molecule has 0 saturated carbocycles. The smallest absolute Gasteiger partial charge is 0.243 e. The Morgan fingerprint density at radius 2 is 2.21 bits per heavy atom. The lowest BCUT2D eigenvalue weighted by atomic mass is 10.2. The molecule has 1 saturated heterocycles. The second-order valence-corrected chi connectivity index (χ2v) is 7.08. The van der Waals surface area contributed by atoms with Gasteiger partial charge in [-0.3, -0.25) is 0 Å². The van der Waals surface area contributed by atoms with Crippen LogP contribution in [0.4, 0.5) is 0 Å². The van der Waals surface area contributed by atoms with Crippen molar-refractivity contribution in [3.63, 3.8) is 0 Å². The van der Waals surface area contributed by atoms with Gasteiger partial charge in [0.2, 0.25) is 10.0 Å². The zero-order valence-corrected chi connectivity index (χ0v) is 12.7. The number of halogens is 1. The van der Waals surface area contributed by atoms with Crippen LogP contribution in [0.25, 0.3) is 0 Å². The summed E-state index contributed by atoms with van der Waals surface area (Å²) in [4.78, 5) is 0.256. The zero-order valence-electron chi connectivity index (χ0n) is 11.1. The van der Waals surface area contributed by atoms with Gasteiger partial charge in [-0.2, -0.15) is 4.31 Å². The number of rotatable bonds is 4. The summed E-state index contributed by atoms with van der Waals surface area (Å²) in [6.45, 7) is 2.82. The van der Waals surface area contributed by atoms with E-state index in [-0.39, 0.29) is 10.9 Å². The summed E-state index contributed by atoms with van der Waals surface area (Å²) in [7, 11) is -1.89. The molecule has 0 aromatic heterocycles. The number of methoxy groups -OCH3 is 1. The fourth-order valence-corrected chi connectivity index (χ4v) is 4.31. The number of benzene rings is 1. The van der Waals surface area contributed by atoms with Gasteiger partial charge in [-0.25, -0.2) is 8.42 Å². The molecule has 1 fully saturated rings. The van der Waals surface area contributed by atoms with E-state index in [1.165, 1.54) is 10.4 Å². The van der Waals surface area contributed by atoms with Crippen LogP contribution in [-0.2, 0) is 14.8 Å². The predicted molar refractivity (Wildman–Crippen MR) is 75.0 cm³/mol. The second-order valence-electron chi connectivity index (χ2n) is 4.78. The molecule has 0 aliphatic carbocycles. The van der Waals surface area contributed by atoms with Crippen molar-refractivity contribution in [2.24, 2.45) is 0 Å². The van der Waals surface area contributed by atoms with Crippen LogP contribution in [-0.4, -0.2) is 39.0 Å². The Labute approximate surface area is 119 Å². The summed E-state index contributed by atoms with van der Waals surface area (Å²) in [6.07, 6.45) is 1.71. The third-order valence-electron chi connectivity index (χ3n) is 3.43. The minimum Gasteiger partial charge on any atom is -0.383 e. The Balaban J connectivity index is 2.33. The fourth-order valence-electron chi connectivity index (χ4n) is 2.35. The number of nitrogens with zero attached hydrogens (tertiary/aromatic N) is 1. The molecule has 1 aliphatic rings. The molecule has 0 spiro atoms. The highest BCUT2D eigenvalue weighted by molar-refractivity contribution is 7.89. The van der Waals surface area contributed by atoms with E-state index in [2.05, 4.69) is 0 Å². The van der Waals surface area contributed by atoms with E-state index in [1.54, 1.807) is 19.2 Å². The van der Waals surface area contributed by atoms with Crippen LogP contribution in [0.2, 0.25) is 5.02 Å². The SMILES string of the molecule is COCC1CCCN1S(=O)(=O)c1ccc(C)c(Cl)c1. The van der Waals surface area contributed by atoms with E-state index in [4.69, 9.17) is 16.3 Å². The van der Waals surface area contributed by atoms with Gasteiger partial charge in [0.15, 0.2) is 0 Å². The highest BCUT2D eigenvalue weighted by atomic mass is 35.5. The summed E-state index contributed by atoms with van der Waals surface area (Å²) >= 11 is 6.02. The molecule has 106 valence electrons. The van der Waals surface area contributed by atoms with Gasteiger partial charge < -0.3 is 4.74 Å². The number of hydrogen-bond donors (Lipinski definition) is 0. The first-order valence-electron chi connectivity index (χ1n) is 6.23. The van der Waals surface area contributed by atoms with Crippen molar-refractivity contribution in [3.8, 4) is 0 Å². The van der Waals surface area contributed by atoms with Gasteiger partial charge >= 0.3 is 0 Å². The van der Waals surface area contributed by atoms with Crippen molar-refractivity contribution in [2.75, 3.05) is 20.3 Å². The molecule has 1 aliphatic heterocycles. The van der Waals surface area contributed by atoms with Gasteiger partial charge in [-0.05, 0) is 37.5 Å². The Hall–Kier alpha value is -0.620. The van der Waals surface area contributed by atoms with Gasteiger partial charge in [0.05, 0.1) is 11.5 Å². The molecular weight excluding hydrogens is 286 g/mol. The Bertz CT molecular complexity index is 559. The monoisotopic (exact) mass is 303 g/mol. The normalized spacial score (nSPS) is 20.9. The molecule has 2 rings (SSSR count). The van der Waals surface area contributed by atoms with Crippen molar-refractivity contribution >= 4 is 21.6 Å². The van der Waals surface area contributed by atoms with Crippen molar-refractivity contribution in [1.29, 1.82) is 0 Å². The lowest BCUT2D eigenvalue weighted by molar-refractivity contribution is 0.149. The van der Waals surface area contributed by atoms with E-state index >= 15 is 0 Å². The highest BCUT2D eigenvalue weighted by Crippen LogP contribution is 2.28. The van der Waals surface area contributed by atoms with Crippen molar-refractivity contribution in [2.45, 2.75) is 30.7 Å². The largest absolute Gasteiger partial charge is 0.383 e. The summed E-state index contributed by atoms with van der Waals surface area (Å²) < 4.78 is 31.8. The molecule has 1 aromatic rings. The summed E-state index contributed by atoms with van der Waals surface area (Å²) in [5.74, 6) is 0. The molecule has 0 bridgehead atoms. The van der Waals surface area contributed by atoms with Crippen LogP contribution in [0.3, 0.4) is 0 Å². The first kappa shape index (κ1) is 14.8. The second kappa shape index (κ2) is 5.79. The molecule has 0 radical (unpaired) electrons. The Morgan fingerprint density at radius 3 is 2.84 bits per heavy atom. The maximum atomic E-state index is 12.6. The fraction of sp³-hybridized carbons (Fsp3) is 0.538. The summed E-state index contributed by atoms with van der Waals surface area (Å²) in [5, 5.41) is 0.476. The quantitative estimate of drug-likeness (QED) is 0.858. The third kappa shape index (κ3) is 2.94. The average Bonchev–Trinajstić information content (AvgIpc) is 2.82. The summed E-state index contributed by atoms with van der Waals surface area (Å²) in [6, 6.07) is 4.79. The van der Waals surface area contributed by atoms with Crippen LogP contribution in [0.1, 0.15) is 18.4 Å². The first-order chi connectivity index (χ1) is 8.96. The van der Waals surface area contributed by atoms with E-state index in [1.807, 2.05) is 6.92 Å². The Kier molecular flexibility index (Phi) is 4.50. The predicted octanol–water partition coefficient (Wildman–Crippen LogP) is 2.45. The van der Waals surface area contributed by atoms with Crippen molar-refractivity contribution in [1.82, 2.24) is 4.31 Å². The number of sulfonamides is 1. The van der Waals surface area contributed by atoms with Crippen LogP contribution < -0.4 is 0 Å². The van der Waals surface area contributed by atoms with Gasteiger partial charge in [0.25, 0.3) is 0 Å². The number of hydrogen-bond acceptors (Lipinski definition) is 3. The Morgan fingerprint density at radius 1 is 1.47 bits per heavy atom. The minimum absolute atomic E-state index is 0.0740. The molecule has 19 heavy (non-hydrogen) atoms. The standard InChI is InChI=1S/C13H18ClNO3S/c1-10-5-6-12(8-13(10)14)19(16,17)15-7-3-4-11(15)9-18-2/h5-6,8,11H,3-4,7,9H2,1-2H3. The molecule has 0 N–H and O–H groups in total. The van der Waals surface area contributed by atoms with E-state index in [0.29, 0.717) is 18.2 Å². The molecule has 0 amide bonds. The van der Waals surface area contributed by atoms with Crippen molar-refractivity contribution in [3.05, 3.63) is 28.8 Å². The number of ether oxygens (including phenoxy) is 1. The zero-order chi connectivity index (χ0) is 14.0. The lowest BCUT2D eigenvalue weighted by Crippen LogP contribution is -2.38. The molecule has 4 nitrogen and oxygen atoms in total. The third-order valence-corrected chi connectivity index (χ3v) is 5.79. The van der Waals surface area contributed by atoms with Gasteiger partial charge in [0, 0.05) is 24.7 Å². The topological polar surface area (TPSA) is 46.6 Å². The highest BCUT2D eigenvalue weighted by Gasteiger charge is 2.35. The molecule has 6 heteroatoms. The molecule has 1 unspecified atom stereocenters. The number of aryl methyl sites for hydroxylation is 1. The average molecular weight is 304 g/mol. The van der Waals surface area contributed by atoms with E-state index < -0.39 is 10.0 Å². The maximum absolute atomic E-state index is 12.6. The van der Waals surface area contributed by atoms with Crippen LogP contribution >= 0.6 is 11.6 Å². The van der Waals surface area contributed by atoms with E-state index in [0.717, 1.165) is 18.4 Å². The van der Waals surface area contributed by atoms with Gasteiger partial charge in [-0.15, -0.1) is 0 Å². The molecule has 1 atom stereocenters. The van der Waals surface area contributed by atoms with Crippen molar-refractivity contribution < 1.29 is 13.2 Å². The molecule has 1 heterocycles. The lowest BCUT2D eigenvalue weighted by Gasteiger charge is -2.23. The van der Waals surface area contributed by atoms with E-state index in [9.17, 15) is 8.42 Å². The maximum Gasteiger partial charge on any atom is 0.243 e.